The third-order valence-corrected chi connectivity index (χ3v) is 4.35. The molecule has 3 heterocycles. The van der Waals surface area contributed by atoms with Gasteiger partial charge in [0.05, 0.1) is 18.9 Å². The zero-order valence-electron chi connectivity index (χ0n) is 14.2. The van der Waals surface area contributed by atoms with Crippen LogP contribution in [-0.4, -0.2) is 43.8 Å². The van der Waals surface area contributed by atoms with Crippen LogP contribution in [0, 0.1) is 6.92 Å². The van der Waals surface area contributed by atoms with Crippen molar-refractivity contribution < 1.29 is 15.3 Å². The number of aromatic hydroxyl groups is 1. The molecule has 1 fully saturated rings. The van der Waals surface area contributed by atoms with E-state index in [1.807, 2.05) is 18.5 Å². The van der Waals surface area contributed by atoms with Crippen molar-refractivity contribution >= 4 is 0 Å². The van der Waals surface area contributed by atoms with Gasteiger partial charge in [0.15, 0.2) is 0 Å². The SMILES string of the molecule is CN1CCCC1c1cccnc1.Cc1ncc(CO)c(CO)c1O. The van der Waals surface area contributed by atoms with Crippen LogP contribution in [0.2, 0.25) is 0 Å². The Morgan fingerprint density at radius 3 is 2.58 bits per heavy atom. The van der Waals surface area contributed by atoms with Gasteiger partial charge in [0.25, 0.3) is 0 Å². The first-order valence-corrected chi connectivity index (χ1v) is 8.06. The molecule has 1 saturated heterocycles. The number of likely N-dealkylation sites (tertiary alicyclic amines) is 1. The molecule has 24 heavy (non-hydrogen) atoms. The van der Waals surface area contributed by atoms with E-state index in [4.69, 9.17) is 10.2 Å². The van der Waals surface area contributed by atoms with Gasteiger partial charge in [-0.05, 0) is 45.0 Å². The summed E-state index contributed by atoms with van der Waals surface area (Å²) in [5, 5.41) is 27.0. The van der Waals surface area contributed by atoms with E-state index in [9.17, 15) is 5.11 Å². The lowest BCUT2D eigenvalue weighted by atomic mass is 10.1. The topological polar surface area (TPSA) is 89.7 Å². The van der Waals surface area contributed by atoms with Crippen LogP contribution >= 0.6 is 0 Å². The number of aliphatic hydroxyl groups is 2. The Labute approximate surface area is 142 Å². The third-order valence-electron chi connectivity index (χ3n) is 4.35. The molecule has 130 valence electrons. The number of aromatic nitrogens is 2. The number of aryl methyl sites for hydroxylation is 1. The van der Waals surface area contributed by atoms with E-state index in [-0.39, 0.29) is 19.0 Å². The molecule has 0 aromatic carbocycles. The lowest BCUT2D eigenvalue weighted by molar-refractivity contribution is 0.254. The summed E-state index contributed by atoms with van der Waals surface area (Å²) in [6.45, 7) is 2.34. The van der Waals surface area contributed by atoms with Crippen molar-refractivity contribution in [3.8, 4) is 5.75 Å². The Hall–Kier alpha value is -2.02. The zero-order chi connectivity index (χ0) is 17.5. The number of nitrogens with zero attached hydrogens (tertiary/aromatic N) is 3. The first-order chi connectivity index (χ1) is 11.6. The van der Waals surface area contributed by atoms with Crippen molar-refractivity contribution in [1.29, 1.82) is 0 Å². The quantitative estimate of drug-likeness (QED) is 0.796. The van der Waals surface area contributed by atoms with Gasteiger partial charge in [-0.15, -0.1) is 0 Å². The molecule has 3 N–H and O–H groups in total. The van der Waals surface area contributed by atoms with Crippen molar-refractivity contribution in [2.45, 2.75) is 39.0 Å². The van der Waals surface area contributed by atoms with Crippen LogP contribution in [0.1, 0.15) is 41.3 Å². The Morgan fingerprint density at radius 2 is 2.04 bits per heavy atom. The number of pyridine rings is 2. The minimum absolute atomic E-state index is 0.0379. The van der Waals surface area contributed by atoms with Crippen LogP contribution < -0.4 is 0 Å². The minimum Gasteiger partial charge on any atom is -0.506 e. The molecule has 1 atom stereocenters. The van der Waals surface area contributed by atoms with Gasteiger partial charge >= 0.3 is 0 Å². The smallest absolute Gasteiger partial charge is 0.142 e. The summed E-state index contributed by atoms with van der Waals surface area (Å²) in [7, 11) is 2.19. The van der Waals surface area contributed by atoms with E-state index in [0.717, 1.165) is 0 Å². The maximum absolute atomic E-state index is 9.38. The minimum atomic E-state index is -0.287. The van der Waals surface area contributed by atoms with Gasteiger partial charge in [-0.2, -0.15) is 0 Å². The Kier molecular flexibility index (Phi) is 6.66. The number of hydrogen-bond donors (Lipinski definition) is 3. The Bertz CT molecular complexity index is 649. The molecule has 0 spiro atoms. The summed E-state index contributed by atoms with van der Waals surface area (Å²) in [6.07, 6.45) is 7.85. The molecule has 2 aromatic heterocycles. The molecular formula is C18H25N3O3. The normalized spacial score (nSPS) is 17.4. The molecule has 0 bridgehead atoms. The highest BCUT2D eigenvalue weighted by Gasteiger charge is 2.21. The van der Waals surface area contributed by atoms with E-state index in [2.05, 4.69) is 28.0 Å². The molecule has 1 aliphatic heterocycles. The van der Waals surface area contributed by atoms with Gasteiger partial charge in [-0.25, -0.2) is 0 Å². The summed E-state index contributed by atoms with van der Waals surface area (Å²) in [4.78, 5) is 10.4. The van der Waals surface area contributed by atoms with Crippen molar-refractivity contribution in [3.05, 3.63) is 53.1 Å². The molecule has 0 saturated carbocycles. The predicted octanol–water partition coefficient (Wildman–Crippen LogP) is 1.93. The van der Waals surface area contributed by atoms with Crippen LogP contribution in [-0.2, 0) is 13.2 Å². The second-order valence-corrected chi connectivity index (χ2v) is 5.94. The Balaban J connectivity index is 0.000000174. The first kappa shape index (κ1) is 18.3. The van der Waals surface area contributed by atoms with Crippen LogP contribution in [0.5, 0.6) is 5.75 Å². The monoisotopic (exact) mass is 331 g/mol. The highest BCUT2D eigenvalue weighted by Crippen LogP contribution is 2.29. The van der Waals surface area contributed by atoms with Crippen LogP contribution in [0.4, 0.5) is 0 Å². The van der Waals surface area contributed by atoms with Crippen molar-refractivity contribution in [2.75, 3.05) is 13.6 Å². The predicted molar refractivity (Wildman–Crippen MR) is 91.3 cm³/mol. The third kappa shape index (κ3) is 4.29. The van der Waals surface area contributed by atoms with Gasteiger partial charge in [-0.1, -0.05) is 6.07 Å². The number of aliphatic hydroxyl groups excluding tert-OH is 2. The number of hydrogen-bond acceptors (Lipinski definition) is 6. The van der Waals surface area contributed by atoms with Gasteiger partial charge in [0, 0.05) is 35.8 Å². The summed E-state index contributed by atoms with van der Waals surface area (Å²) in [6, 6.07) is 4.79. The summed E-state index contributed by atoms with van der Waals surface area (Å²) < 4.78 is 0. The highest BCUT2D eigenvalue weighted by molar-refractivity contribution is 5.39. The van der Waals surface area contributed by atoms with Gasteiger partial charge in [-0.3, -0.25) is 14.9 Å². The van der Waals surface area contributed by atoms with E-state index >= 15 is 0 Å². The molecule has 3 rings (SSSR count). The number of rotatable bonds is 3. The summed E-state index contributed by atoms with van der Waals surface area (Å²) in [5.41, 5.74) is 2.62. The van der Waals surface area contributed by atoms with E-state index < -0.39 is 0 Å². The molecule has 6 nitrogen and oxygen atoms in total. The maximum Gasteiger partial charge on any atom is 0.142 e. The first-order valence-electron chi connectivity index (χ1n) is 8.06. The lowest BCUT2D eigenvalue weighted by Gasteiger charge is -2.18. The van der Waals surface area contributed by atoms with E-state index in [0.29, 0.717) is 22.9 Å². The fourth-order valence-corrected chi connectivity index (χ4v) is 2.90. The van der Waals surface area contributed by atoms with Crippen molar-refractivity contribution in [3.63, 3.8) is 0 Å². The van der Waals surface area contributed by atoms with Crippen LogP contribution in [0.3, 0.4) is 0 Å². The zero-order valence-corrected chi connectivity index (χ0v) is 14.2. The Morgan fingerprint density at radius 1 is 1.25 bits per heavy atom. The van der Waals surface area contributed by atoms with E-state index in [1.54, 1.807) is 6.92 Å². The molecule has 2 aromatic rings. The van der Waals surface area contributed by atoms with Crippen molar-refractivity contribution in [1.82, 2.24) is 14.9 Å². The summed E-state index contributed by atoms with van der Waals surface area (Å²) in [5.74, 6) is -0.0379. The lowest BCUT2D eigenvalue weighted by Crippen LogP contribution is -2.17. The van der Waals surface area contributed by atoms with Crippen LogP contribution in [0.15, 0.2) is 30.7 Å². The maximum atomic E-state index is 9.38. The molecule has 1 aliphatic rings. The van der Waals surface area contributed by atoms with Gasteiger partial charge in [0.1, 0.15) is 5.75 Å². The fraction of sp³-hybridized carbons (Fsp3) is 0.444. The van der Waals surface area contributed by atoms with E-state index in [1.165, 1.54) is 31.1 Å². The largest absolute Gasteiger partial charge is 0.506 e. The molecule has 0 aliphatic carbocycles. The van der Waals surface area contributed by atoms with Crippen LogP contribution in [0.25, 0.3) is 0 Å². The van der Waals surface area contributed by atoms with Crippen molar-refractivity contribution in [2.24, 2.45) is 0 Å². The standard InChI is InChI=1S/C10H14N2.C8H11NO3/c1-12-7-3-5-10(12)9-4-2-6-11-8-9;1-5-8(12)7(4-11)6(3-10)2-9-5/h2,4,6,8,10H,3,5,7H2,1H3;2,10-12H,3-4H2,1H3. The summed E-state index contributed by atoms with van der Waals surface area (Å²) >= 11 is 0. The average molecular weight is 331 g/mol. The second-order valence-electron chi connectivity index (χ2n) is 5.94. The average Bonchev–Trinajstić information content (AvgIpc) is 3.04. The molecule has 6 heteroatoms. The second kappa shape index (κ2) is 8.73. The van der Waals surface area contributed by atoms with Gasteiger partial charge < -0.3 is 15.3 Å². The highest BCUT2D eigenvalue weighted by atomic mass is 16.3. The molecular weight excluding hydrogens is 306 g/mol. The molecule has 0 radical (unpaired) electrons. The fourth-order valence-electron chi connectivity index (χ4n) is 2.90. The molecule has 1 unspecified atom stereocenters. The molecule has 0 amide bonds. The van der Waals surface area contributed by atoms with Gasteiger partial charge in [0.2, 0.25) is 0 Å².